The summed E-state index contributed by atoms with van der Waals surface area (Å²) in [7, 11) is 3.51. The molecule has 0 spiro atoms. The summed E-state index contributed by atoms with van der Waals surface area (Å²) in [5.74, 6) is 1.73. The molecule has 2 N–H and O–H groups in total. The zero-order valence-electron chi connectivity index (χ0n) is 18.7. The Labute approximate surface area is 204 Å². The SMILES string of the molecule is CN=C(NCCCCN1CCN(c2ccccc2)CC1)NCc1ccccc1OC.I. The first-order chi connectivity index (χ1) is 14.8. The number of methoxy groups -OCH3 is 1. The van der Waals surface area contributed by atoms with Gasteiger partial charge in [-0.15, -0.1) is 24.0 Å². The molecule has 0 aliphatic carbocycles. The number of hydrogen-bond donors (Lipinski definition) is 2. The van der Waals surface area contributed by atoms with Gasteiger partial charge in [0.05, 0.1) is 7.11 Å². The predicted molar refractivity (Wildman–Crippen MR) is 141 cm³/mol. The second-order valence-corrected chi connectivity index (χ2v) is 7.54. The number of piperazine rings is 1. The normalized spacial score (nSPS) is 14.6. The van der Waals surface area contributed by atoms with Gasteiger partial charge in [0.25, 0.3) is 0 Å². The van der Waals surface area contributed by atoms with Gasteiger partial charge in [-0.2, -0.15) is 0 Å². The average Bonchev–Trinajstić information content (AvgIpc) is 2.82. The van der Waals surface area contributed by atoms with Gasteiger partial charge in [0.2, 0.25) is 0 Å². The Kier molecular flexibility index (Phi) is 11.5. The topological polar surface area (TPSA) is 52.1 Å². The smallest absolute Gasteiger partial charge is 0.191 e. The molecule has 0 saturated carbocycles. The van der Waals surface area contributed by atoms with Gasteiger partial charge in [-0.25, -0.2) is 0 Å². The zero-order valence-corrected chi connectivity index (χ0v) is 21.0. The number of anilines is 1. The number of nitrogens with one attached hydrogen (secondary N) is 2. The van der Waals surface area contributed by atoms with Crippen molar-refractivity contribution in [2.75, 3.05) is 58.3 Å². The average molecular weight is 537 g/mol. The van der Waals surface area contributed by atoms with Crippen LogP contribution in [0.4, 0.5) is 5.69 Å². The van der Waals surface area contributed by atoms with Crippen molar-refractivity contribution in [1.29, 1.82) is 0 Å². The number of guanidine groups is 1. The van der Waals surface area contributed by atoms with Crippen LogP contribution in [-0.4, -0.2) is 64.3 Å². The third-order valence-corrected chi connectivity index (χ3v) is 5.55. The molecule has 0 radical (unpaired) electrons. The summed E-state index contributed by atoms with van der Waals surface area (Å²) in [5, 5.41) is 6.78. The lowest BCUT2D eigenvalue weighted by Gasteiger charge is -2.36. The van der Waals surface area contributed by atoms with Crippen LogP contribution in [0.2, 0.25) is 0 Å². The maximum Gasteiger partial charge on any atom is 0.191 e. The predicted octanol–water partition coefficient (Wildman–Crippen LogP) is 3.58. The molecule has 170 valence electrons. The summed E-state index contributed by atoms with van der Waals surface area (Å²) >= 11 is 0. The summed E-state index contributed by atoms with van der Waals surface area (Å²) in [6.45, 7) is 7.29. The summed E-state index contributed by atoms with van der Waals surface area (Å²) in [4.78, 5) is 9.38. The van der Waals surface area contributed by atoms with Gasteiger partial charge in [0.1, 0.15) is 5.75 Å². The van der Waals surface area contributed by atoms with Gasteiger partial charge in [-0.1, -0.05) is 36.4 Å². The summed E-state index contributed by atoms with van der Waals surface area (Å²) < 4.78 is 5.41. The lowest BCUT2D eigenvalue weighted by Crippen LogP contribution is -2.46. The van der Waals surface area contributed by atoms with Gasteiger partial charge in [-0.3, -0.25) is 9.89 Å². The second-order valence-electron chi connectivity index (χ2n) is 7.54. The number of aliphatic imine (C=N–C) groups is 1. The minimum absolute atomic E-state index is 0. The number of para-hydroxylation sites is 2. The molecule has 0 aromatic heterocycles. The molecular weight excluding hydrogens is 501 g/mol. The first kappa shape index (κ1) is 25.3. The maximum atomic E-state index is 5.41. The van der Waals surface area contributed by atoms with E-state index in [-0.39, 0.29) is 24.0 Å². The number of ether oxygens (including phenoxy) is 1. The summed E-state index contributed by atoms with van der Waals surface area (Å²) in [6.07, 6.45) is 2.33. The van der Waals surface area contributed by atoms with Crippen LogP contribution in [0.25, 0.3) is 0 Å². The molecule has 6 nitrogen and oxygen atoms in total. The van der Waals surface area contributed by atoms with Crippen LogP contribution in [0.1, 0.15) is 18.4 Å². The van der Waals surface area contributed by atoms with E-state index in [4.69, 9.17) is 4.74 Å². The molecule has 1 heterocycles. The highest BCUT2D eigenvalue weighted by molar-refractivity contribution is 14.0. The van der Waals surface area contributed by atoms with Gasteiger partial charge in [-0.05, 0) is 37.6 Å². The van der Waals surface area contributed by atoms with Gasteiger partial charge in [0, 0.05) is 57.6 Å². The van der Waals surface area contributed by atoms with E-state index in [0.717, 1.165) is 63.0 Å². The minimum Gasteiger partial charge on any atom is -0.496 e. The van der Waals surface area contributed by atoms with Crippen LogP contribution >= 0.6 is 24.0 Å². The first-order valence-electron chi connectivity index (χ1n) is 10.9. The molecule has 31 heavy (non-hydrogen) atoms. The quantitative estimate of drug-likeness (QED) is 0.222. The van der Waals surface area contributed by atoms with E-state index in [2.05, 4.69) is 61.8 Å². The molecule has 0 amide bonds. The number of halogens is 1. The van der Waals surface area contributed by atoms with E-state index >= 15 is 0 Å². The molecule has 0 unspecified atom stereocenters. The highest BCUT2D eigenvalue weighted by Gasteiger charge is 2.16. The number of hydrogen-bond acceptors (Lipinski definition) is 4. The molecular formula is C24H36IN5O. The van der Waals surface area contributed by atoms with Crippen molar-refractivity contribution in [1.82, 2.24) is 15.5 Å². The second kappa shape index (κ2) is 14.1. The van der Waals surface area contributed by atoms with E-state index in [1.807, 2.05) is 25.2 Å². The van der Waals surface area contributed by atoms with Crippen molar-refractivity contribution in [2.24, 2.45) is 4.99 Å². The standard InChI is InChI=1S/C24H35N5O.HI/c1-25-24(27-20-21-10-6-7-13-23(21)30-2)26-14-8-9-15-28-16-18-29(19-17-28)22-11-4-3-5-12-22;/h3-7,10-13H,8-9,14-20H2,1-2H3,(H2,25,26,27);1H. The zero-order chi connectivity index (χ0) is 21.0. The van der Waals surface area contributed by atoms with Crippen LogP contribution in [0.5, 0.6) is 5.75 Å². The number of rotatable bonds is 9. The van der Waals surface area contributed by atoms with Crippen molar-refractivity contribution >= 4 is 35.6 Å². The molecule has 1 aliphatic rings. The minimum atomic E-state index is 0. The van der Waals surface area contributed by atoms with E-state index in [1.165, 1.54) is 12.1 Å². The molecule has 2 aromatic rings. The molecule has 1 saturated heterocycles. The molecule has 1 aliphatic heterocycles. The third-order valence-electron chi connectivity index (χ3n) is 5.55. The molecule has 2 aromatic carbocycles. The highest BCUT2D eigenvalue weighted by atomic mass is 127. The van der Waals surface area contributed by atoms with Crippen molar-refractivity contribution in [2.45, 2.75) is 19.4 Å². The van der Waals surface area contributed by atoms with Crippen molar-refractivity contribution in [3.8, 4) is 5.75 Å². The van der Waals surface area contributed by atoms with Crippen LogP contribution in [0.15, 0.2) is 59.6 Å². The van der Waals surface area contributed by atoms with E-state index in [1.54, 1.807) is 7.11 Å². The van der Waals surface area contributed by atoms with Crippen LogP contribution < -0.4 is 20.3 Å². The fourth-order valence-electron chi connectivity index (χ4n) is 3.78. The monoisotopic (exact) mass is 537 g/mol. The van der Waals surface area contributed by atoms with Gasteiger partial charge < -0.3 is 20.3 Å². The molecule has 0 atom stereocenters. The Morgan fingerprint density at radius 1 is 0.935 bits per heavy atom. The van der Waals surface area contributed by atoms with Crippen molar-refractivity contribution in [3.63, 3.8) is 0 Å². The Morgan fingerprint density at radius 2 is 1.65 bits per heavy atom. The molecule has 0 bridgehead atoms. The first-order valence-corrected chi connectivity index (χ1v) is 10.9. The third kappa shape index (κ3) is 8.22. The molecule has 1 fully saturated rings. The van der Waals surface area contributed by atoms with E-state index < -0.39 is 0 Å². The molecule has 7 heteroatoms. The Bertz CT molecular complexity index is 779. The number of nitrogens with zero attached hydrogens (tertiary/aromatic N) is 3. The van der Waals surface area contributed by atoms with E-state index in [0.29, 0.717) is 6.54 Å². The Morgan fingerprint density at radius 3 is 2.35 bits per heavy atom. The lowest BCUT2D eigenvalue weighted by atomic mass is 10.2. The van der Waals surface area contributed by atoms with Crippen LogP contribution in [0, 0.1) is 0 Å². The molecule has 3 rings (SSSR count). The van der Waals surface area contributed by atoms with Gasteiger partial charge >= 0.3 is 0 Å². The Balaban J connectivity index is 0.00000341. The fourth-order valence-corrected chi connectivity index (χ4v) is 3.78. The number of benzene rings is 2. The maximum absolute atomic E-state index is 5.41. The lowest BCUT2D eigenvalue weighted by molar-refractivity contribution is 0.253. The van der Waals surface area contributed by atoms with E-state index in [9.17, 15) is 0 Å². The highest BCUT2D eigenvalue weighted by Crippen LogP contribution is 2.17. The van der Waals surface area contributed by atoms with Crippen LogP contribution in [0.3, 0.4) is 0 Å². The van der Waals surface area contributed by atoms with Crippen molar-refractivity contribution < 1.29 is 4.74 Å². The van der Waals surface area contributed by atoms with Gasteiger partial charge in [0.15, 0.2) is 5.96 Å². The Hall–Kier alpha value is -2.00. The largest absolute Gasteiger partial charge is 0.496 e. The summed E-state index contributed by atoms with van der Waals surface area (Å²) in [6, 6.07) is 18.8. The van der Waals surface area contributed by atoms with Crippen molar-refractivity contribution in [3.05, 3.63) is 60.2 Å². The fraction of sp³-hybridized carbons (Fsp3) is 0.458. The summed E-state index contributed by atoms with van der Waals surface area (Å²) in [5.41, 5.74) is 2.46. The van der Waals surface area contributed by atoms with Crippen LogP contribution in [-0.2, 0) is 6.54 Å². The number of unbranched alkanes of at least 4 members (excludes halogenated alkanes) is 1.